The Morgan fingerprint density at radius 3 is 2.53 bits per heavy atom. The summed E-state index contributed by atoms with van der Waals surface area (Å²) in [4.78, 5) is 12.2. The summed E-state index contributed by atoms with van der Waals surface area (Å²) in [5, 5.41) is 0. The first kappa shape index (κ1) is 12.0. The fraction of sp³-hybridized carbons (Fsp3) is 0.235. The molecule has 0 radical (unpaired) electrons. The highest BCUT2D eigenvalue weighted by Crippen LogP contribution is 2.32. The molecule has 1 unspecified atom stereocenters. The third-order valence-electron chi connectivity index (χ3n) is 3.85. The second-order valence-electron chi connectivity index (χ2n) is 5.05. The molecule has 1 heterocycles. The standard InChI is InChI=1S/C17H16O2/c1-11-8-9-14-10-15(13-6-4-3-5-7-13)19-17(18)16(14)12(11)2/h3-9,15H,10H2,1-2H3. The average molecular weight is 252 g/mol. The molecule has 1 aliphatic rings. The zero-order chi connectivity index (χ0) is 13.4. The van der Waals surface area contributed by atoms with Crippen LogP contribution in [0, 0.1) is 13.8 Å². The minimum absolute atomic E-state index is 0.164. The second kappa shape index (κ2) is 4.54. The number of esters is 1. The molecular weight excluding hydrogens is 236 g/mol. The van der Waals surface area contributed by atoms with Gasteiger partial charge in [0.1, 0.15) is 6.10 Å². The van der Waals surface area contributed by atoms with Crippen LogP contribution in [0.1, 0.15) is 38.7 Å². The lowest BCUT2D eigenvalue weighted by molar-refractivity contribution is 0.0251. The Morgan fingerprint density at radius 1 is 1.05 bits per heavy atom. The molecule has 0 aromatic heterocycles. The highest BCUT2D eigenvalue weighted by molar-refractivity contribution is 5.94. The number of aryl methyl sites for hydroxylation is 1. The van der Waals surface area contributed by atoms with Crippen molar-refractivity contribution in [2.24, 2.45) is 0 Å². The second-order valence-corrected chi connectivity index (χ2v) is 5.05. The third kappa shape index (κ3) is 2.03. The quantitative estimate of drug-likeness (QED) is 0.722. The lowest BCUT2D eigenvalue weighted by Crippen LogP contribution is -2.23. The number of rotatable bonds is 1. The maximum atomic E-state index is 12.2. The topological polar surface area (TPSA) is 26.3 Å². The van der Waals surface area contributed by atoms with Gasteiger partial charge < -0.3 is 4.74 Å². The predicted octanol–water partition coefficient (Wildman–Crippen LogP) is 3.76. The molecule has 2 nitrogen and oxygen atoms in total. The fourth-order valence-electron chi connectivity index (χ4n) is 2.61. The van der Waals surface area contributed by atoms with Gasteiger partial charge in [0.2, 0.25) is 0 Å². The number of carbonyl (C=O) groups excluding carboxylic acids is 1. The average Bonchev–Trinajstić information content (AvgIpc) is 2.43. The van der Waals surface area contributed by atoms with Crippen molar-refractivity contribution < 1.29 is 9.53 Å². The zero-order valence-corrected chi connectivity index (χ0v) is 11.1. The lowest BCUT2D eigenvalue weighted by atomic mass is 9.90. The van der Waals surface area contributed by atoms with Gasteiger partial charge in [-0.15, -0.1) is 0 Å². The number of fused-ring (bicyclic) bond motifs is 1. The SMILES string of the molecule is Cc1ccc2c(c1C)C(=O)OC(c1ccccc1)C2. The molecule has 1 atom stereocenters. The smallest absolute Gasteiger partial charge is 0.339 e. The molecule has 0 aliphatic carbocycles. The van der Waals surface area contributed by atoms with Crippen molar-refractivity contribution in [3.8, 4) is 0 Å². The lowest BCUT2D eigenvalue weighted by Gasteiger charge is -2.26. The van der Waals surface area contributed by atoms with Crippen LogP contribution in [0.3, 0.4) is 0 Å². The highest BCUT2D eigenvalue weighted by Gasteiger charge is 2.28. The molecule has 0 saturated heterocycles. The minimum atomic E-state index is -0.198. The molecule has 1 aliphatic heterocycles. The van der Waals surface area contributed by atoms with E-state index in [4.69, 9.17) is 4.74 Å². The van der Waals surface area contributed by atoms with E-state index in [9.17, 15) is 4.79 Å². The molecule has 2 aromatic rings. The Morgan fingerprint density at radius 2 is 1.79 bits per heavy atom. The van der Waals surface area contributed by atoms with E-state index < -0.39 is 0 Å². The molecule has 3 rings (SSSR count). The summed E-state index contributed by atoms with van der Waals surface area (Å²) in [5.74, 6) is -0.198. The van der Waals surface area contributed by atoms with Gasteiger partial charge >= 0.3 is 5.97 Å². The molecule has 0 saturated carbocycles. The summed E-state index contributed by atoms with van der Waals surface area (Å²) < 4.78 is 5.60. The molecule has 2 aromatic carbocycles. The van der Waals surface area contributed by atoms with E-state index in [-0.39, 0.29) is 12.1 Å². The van der Waals surface area contributed by atoms with E-state index in [0.717, 1.165) is 34.2 Å². The molecule has 0 fully saturated rings. The van der Waals surface area contributed by atoms with E-state index >= 15 is 0 Å². The van der Waals surface area contributed by atoms with Crippen LogP contribution >= 0.6 is 0 Å². The molecule has 2 heteroatoms. The van der Waals surface area contributed by atoms with Gasteiger partial charge in [-0.25, -0.2) is 4.79 Å². The minimum Gasteiger partial charge on any atom is -0.454 e. The molecular formula is C17H16O2. The third-order valence-corrected chi connectivity index (χ3v) is 3.85. The van der Waals surface area contributed by atoms with Crippen LogP contribution in [0.15, 0.2) is 42.5 Å². The number of hydrogen-bond acceptors (Lipinski definition) is 2. The number of ether oxygens (including phenoxy) is 1. The van der Waals surface area contributed by atoms with Crippen LogP contribution in [0.2, 0.25) is 0 Å². The number of benzene rings is 2. The Labute approximate surface area is 113 Å². The van der Waals surface area contributed by atoms with Crippen LogP contribution in [0.25, 0.3) is 0 Å². The summed E-state index contributed by atoms with van der Waals surface area (Å²) in [6.07, 6.45) is 0.593. The van der Waals surface area contributed by atoms with Gasteiger partial charge in [-0.2, -0.15) is 0 Å². The molecule has 0 amide bonds. The first-order valence-corrected chi connectivity index (χ1v) is 6.52. The van der Waals surface area contributed by atoms with Crippen molar-refractivity contribution in [3.05, 3.63) is 70.3 Å². The van der Waals surface area contributed by atoms with E-state index in [0.29, 0.717) is 0 Å². The summed E-state index contributed by atoms with van der Waals surface area (Å²) in [7, 11) is 0. The Kier molecular flexibility index (Phi) is 2.86. The Balaban J connectivity index is 2.02. The predicted molar refractivity (Wildman–Crippen MR) is 74.2 cm³/mol. The number of carbonyl (C=O) groups is 1. The normalized spacial score (nSPS) is 17.8. The van der Waals surface area contributed by atoms with Gasteiger partial charge in [-0.1, -0.05) is 42.5 Å². The van der Waals surface area contributed by atoms with Crippen LogP contribution in [0.5, 0.6) is 0 Å². The molecule has 96 valence electrons. The van der Waals surface area contributed by atoms with Crippen molar-refractivity contribution >= 4 is 5.97 Å². The van der Waals surface area contributed by atoms with Crippen LogP contribution < -0.4 is 0 Å². The first-order valence-electron chi connectivity index (χ1n) is 6.52. The van der Waals surface area contributed by atoms with Crippen molar-refractivity contribution in [2.75, 3.05) is 0 Å². The van der Waals surface area contributed by atoms with E-state index in [1.165, 1.54) is 0 Å². The fourth-order valence-corrected chi connectivity index (χ4v) is 2.61. The Bertz CT molecular complexity index is 629. The number of cyclic esters (lactones) is 1. The van der Waals surface area contributed by atoms with Crippen molar-refractivity contribution in [1.82, 2.24) is 0 Å². The maximum absolute atomic E-state index is 12.2. The molecule has 0 N–H and O–H groups in total. The van der Waals surface area contributed by atoms with Gasteiger partial charge in [-0.3, -0.25) is 0 Å². The molecule has 0 bridgehead atoms. The summed E-state index contributed by atoms with van der Waals surface area (Å²) >= 11 is 0. The van der Waals surface area contributed by atoms with Crippen molar-refractivity contribution in [1.29, 1.82) is 0 Å². The van der Waals surface area contributed by atoms with Gasteiger partial charge in [0, 0.05) is 6.42 Å². The maximum Gasteiger partial charge on any atom is 0.339 e. The van der Waals surface area contributed by atoms with Gasteiger partial charge in [0.15, 0.2) is 0 Å². The monoisotopic (exact) mass is 252 g/mol. The highest BCUT2D eigenvalue weighted by atomic mass is 16.5. The first-order chi connectivity index (χ1) is 9.16. The van der Waals surface area contributed by atoms with E-state index in [2.05, 4.69) is 6.07 Å². The Hall–Kier alpha value is -2.09. The summed E-state index contributed by atoms with van der Waals surface area (Å²) in [5.41, 5.74) is 5.07. The number of hydrogen-bond donors (Lipinski definition) is 0. The van der Waals surface area contributed by atoms with Gasteiger partial charge in [0.25, 0.3) is 0 Å². The summed E-state index contributed by atoms with van der Waals surface area (Å²) in [6, 6.07) is 14.0. The van der Waals surface area contributed by atoms with Gasteiger partial charge in [-0.05, 0) is 36.1 Å². The van der Waals surface area contributed by atoms with Crippen LogP contribution in [0.4, 0.5) is 0 Å². The van der Waals surface area contributed by atoms with Crippen LogP contribution in [-0.2, 0) is 11.2 Å². The molecule has 19 heavy (non-hydrogen) atoms. The van der Waals surface area contributed by atoms with Crippen molar-refractivity contribution in [3.63, 3.8) is 0 Å². The zero-order valence-electron chi connectivity index (χ0n) is 11.1. The largest absolute Gasteiger partial charge is 0.454 e. The summed E-state index contributed by atoms with van der Waals surface area (Å²) in [6.45, 7) is 4.00. The molecule has 0 spiro atoms. The van der Waals surface area contributed by atoms with Gasteiger partial charge in [0.05, 0.1) is 5.56 Å². The van der Waals surface area contributed by atoms with Crippen molar-refractivity contribution in [2.45, 2.75) is 26.4 Å². The van der Waals surface area contributed by atoms with E-state index in [1.807, 2.05) is 50.2 Å². The van der Waals surface area contributed by atoms with E-state index in [1.54, 1.807) is 0 Å². The van der Waals surface area contributed by atoms with Crippen LogP contribution in [-0.4, -0.2) is 5.97 Å².